The van der Waals surface area contributed by atoms with Crippen molar-refractivity contribution in [1.82, 2.24) is 9.80 Å². The third-order valence-corrected chi connectivity index (χ3v) is 4.38. The van der Waals surface area contributed by atoms with E-state index in [9.17, 15) is 0 Å². The van der Waals surface area contributed by atoms with Crippen molar-refractivity contribution in [2.75, 3.05) is 45.6 Å². The summed E-state index contributed by atoms with van der Waals surface area (Å²) in [7, 11) is 1.71. The van der Waals surface area contributed by atoms with Crippen molar-refractivity contribution in [2.45, 2.75) is 19.4 Å². The molecule has 0 aromatic heterocycles. The first kappa shape index (κ1) is 13.7. The molecular weight excluding hydrogens is 250 g/mol. The van der Waals surface area contributed by atoms with Gasteiger partial charge < -0.3 is 15.4 Å². The number of hydrogen-bond acceptors (Lipinski definition) is 4. The summed E-state index contributed by atoms with van der Waals surface area (Å²) in [6.45, 7) is 6.99. The molecule has 110 valence electrons. The Morgan fingerprint density at radius 1 is 1.15 bits per heavy atom. The van der Waals surface area contributed by atoms with Crippen LogP contribution in [0.4, 0.5) is 5.69 Å². The fraction of sp³-hybridized carbons (Fsp3) is 0.625. The number of nitrogens with two attached hydrogens (primary N) is 1. The molecule has 0 atom stereocenters. The van der Waals surface area contributed by atoms with E-state index in [2.05, 4.69) is 15.9 Å². The van der Waals surface area contributed by atoms with Gasteiger partial charge in [0.1, 0.15) is 5.75 Å². The van der Waals surface area contributed by atoms with Crippen molar-refractivity contribution in [1.29, 1.82) is 0 Å². The molecule has 1 saturated carbocycles. The third-order valence-electron chi connectivity index (χ3n) is 4.38. The number of nitrogens with zero attached hydrogens (tertiary/aromatic N) is 2. The number of nitrogen functional groups attached to an aromatic ring is 1. The maximum absolute atomic E-state index is 5.81. The minimum Gasteiger partial charge on any atom is -0.496 e. The normalized spacial score (nSPS) is 21.1. The van der Waals surface area contributed by atoms with Crippen LogP contribution in [0.5, 0.6) is 5.75 Å². The van der Waals surface area contributed by atoms with E-state index in [-0.39, 0.29) is 0 Å². The van der Waals surface area contributed by atoms with Gasteiger partial charge in [-0.3, -0.25) is 4.90 Å². The van der Waals surface area contributed by atoms with E-state index in [0.29, 0.717) is 0 Å². The van der Waals surface area contributed by atoms with Gasteiger partial charge in [-0.05, 0) is 24.8 Å². The predicted octanol–water partition coefficient (Wildman–Crippen LogP) is 1.80. The van der Waals surface area contributed by atoms with Crippen molar-refractivity contribution in [3.63, 3.8) is 0 Å². The molecule has 1 aromatic carbocycles. The summed E-state index contributed by atoms with van der Waals surface area (Å²) < 4.78 is 5.43. The lowest BCUT2D eigenvalue weighted by molar-refractivity contribution is 0.122. The molecule has 1 aromatic rings. The summed E-state index contributed by atoms with van der Waals surface area (Å²) in [5, 5.41) is 0. The van der Waals surface area contributed by atoms with E-state index in [1.54, 1.807) is 7.11 Å². The highest BCUT2D eigenvalue weighted by Gasteiger charge is 2.26. The zero-order valence-electron chi connectivity index (χ0n) is 12.3. The van der Waals surface area contributed by atoms with Gasteiger partial charge in [0.2, 0.25) is 0 Å². The van der Waals surface area contributed by atoms with Gasteiger partial charge >= 0.3 is 0 Å². The molecule has 1 saturated heterocycles. The largest absolute Gasteiger partial charge is 0.496 e. The van der Waals surface area contributed by atoms with E-state index in [4.69, 9.17) is 10.5 Å². The minimum absolute atomic E-state index is 0.764. The number of ether oxygens (including phenoxy) is 1. The second-order valence-electron chi connectivity index (χ2n) is 6.09. The summed E-state index contributed by atoms with van der Waals surface area (Å²) in [4.78, 5) is 5.13. The molecule has 4 nitrogen and oxygen atoms in total. The summed E-state index contributed by atoms with van der Waals surface area (Å²) in [6, 6.07) is 5.96. The molecule has 0 bridgehead atoms. The van der Waals surface area contributed by atoms with Crippen molar-refractivity contribution in [3.8, 4) is 5.75 Å². The highest BCUT2D eigenvalue weighted by Crippen LogP contribution is 2.30. The molecule has 0 radical (unpaired) electrons. The van der Waals surface area contributed by atoms with Crippen LogP contribution in [0.25, 0.3) is 0 Å². The second-order valence-corrected chi connectivity index (χ2v) is 6.09. The smallest absolute Gasteiger partial charge is 0.125 e. The monoisotopic (exact) mass is 275 g/mol. The van der Waals surface area contributed by atoms with E-state index in [1.807, 2.05) is 12.1 Å². The highest BCUT2D eigenvalue weighted by molar-refractivity contribution is 5.48. The van der Waals surface area contributed by atoms with Gasteiger partial charge in [-0.25, -0.2) is 0 Å². The maximum Gasteiger partial charge on any atom is 0.125 e. The molecule has 3 rings (SSSR count). The van der Waals surface area contributed by atoms with Crippen molar-refractivity contribution >= 4 is 5.69 Å². The van der Waals surface area contributed by atoms with E-state index < -0.39 is 0 Å². The fourth-order valence-corrected chi connectivity index (χ4v) is 2.93. The molecule has 1 aliphatic heterocycles. The Morgan fingerprint density at radius 3 is 2.50 bits per heavy atom. The maximum atomic E-state index is 5.81. The summed E-state index contributed by atoms with van der Waals surface area (Å²) in [5.41, 5.74) is 7.80. The fourth-order valence-electron chi connectivity index (χ4n) is 2.93. The SMILES string of the molecule is COc1cc(N)ccc1CN1CCN(CC2CC2)CC1. The molecule has 1 aliphatic carbocycles. The first-order valence-corrected chi connectivity index (χ1v) is 7.61. The average Bonchev–Trinajstić information content (AvgIpc) is 3.27. The minimum atomic E-state index is 0.764. The Balaban J connectivity index is 1.53. The number of anilines is 1. The number of hydrogen-bond donors (Lipinski definition) is 1. The molecule has 20 heavy (non-hydrogen) atoms. The van der Waals surface area contributed by atoms with Gasteiger partial charge in [-0.2, -0.15) is 0 Å². The molecule has 2 N–H and O–H groups in total. The van der Waals surface area contributed by atoms with Crippen LogP contribution in [-0.4, -0.2) is 49.6 Å². The predicted molar refractivity (Wildman–Crippen MR) is 81.8 cm³/mol. The van der Waals surface area contributed by atoms with Gasteiger partial charge in [0, 0.05) is 56.6 Å². The number of piperazine rings is 1. The van der Waals surface area contributed by atoms with Crippen LogP contribution >= 0.6 is 0 Å². The van der Waals surface area contributed by atoms with Gasteiger partial charge in [0.25, 0.3) is 0 Å². The Hall–Kier alpha value is -1.26. The highest BCUT2D eigenvalue weighted by atomic mass is 16.5. The summed E-state index contributed by atoms with van der Waals surface area (Å²) in [5.74, 6) is 1.91. The first-order valence-electron chi connectivity index (χ1n) is 7.61. The van der Waals surface area contributed by atoms with E-state index in [0.717, 1.165) is 37.0 Å². The number of rotatable bonds is 5. The van der Waals surface area contributed by atoms with E-state index >= 15 is 0 Å². The van der Waals surface area contributed by atoms with Crippen LogP contribution in [0.15, 0.2) is 18.2 Å². The summed E-state index contributed by atoms with van der Waals surface area (Å²) in [6.07, 6.45) is 2.89. The molecule has 0 amide bonds. The van der Waals surface area contributed by atoms with Gasteiger partial charge in [0.15, 0.2) is 0 Å². The zero-order chi connectivity index (χ0) is 13.9. The molecule has 2 aliphatic rings. The van der Waals surface area contributed by atoms with Gasteiger partial charge in [-0.1, -0.05) is 6.07 Å². The van der Waals surface area contributed by atoms with Crippen LogP contribution in [0.2, 0.25) is 0 Å². The van der Waals surface area contributed by atoms with Crippen LogP contribution < -0.4 is 10.5 Å². The lowest BCUT2D eigenvalue weighted by atomic mass is 10.1. The standard InChI is InChI=1S/C16H25N3O/c1-20-16-10-15(17)5-4-14(16)12-19-8-6-18(7-9-19)11-13-2-3-13/h4-5,10,13H,2-3,6-9,11-12,17H2,1H3. The molecule has 0 spiro atoms. The Morgan fingerprint density at radius 2 is 1.85 bits per heavy atom. The topological polar surface area (TPSA) is 41.7 Å². The third kappa shape index (κ3) is 3.44. The van der Waals surface area contributed by atoms with Crippen LogP contribution in [-0.2, 0) is 6.54 Å². The quantitative estimate of drug-likeness (QED) is 0.832. The molecule has 0 unspecified atom stereocenters. The molecular formula is C16H25N3O. The van der Waals surface area contributed by atoms with Crippen LogP contribution in [0, 0.1) is 5.92 Å². The molecule has 2 fully saturated rings. The Labute approximate surface area is 121 Å². The van der Waals surface area contributed by atoms with E-state index in [1.165, 1.54) is 38.0 Å². The second kappa shape index (κ2) is 6.02. The van der Waals surface area contributed by atoms with Crippen LogP contribution in [0.1, 0.15) is 18.4 Å². The van der Waals surface area contributed by atoms with Crippen molar-refractivity contribution in [2.24, 2.45) is 5.92 Å². The zero-order valence-corrected chi connectivity index (χ0v) is 12.3. The van der Waals surface area contributed by atoms with Crippen molar-refractivity contribution < 1.29 is 4.74 Å². The summed E-state index contributed by atoms with van der Waals surface area (Å²) >= 11 is 0. The van der Waals surface area contributed by atoms with Crippen molar-refractivity contribution in [3.05, 3.63) is 23.8 Å². The average molecular weight is 275 g/mol. The van der Waals surface area contributed by atoms with Gasteiger partial charge in [0.05, 0.1) is 7.11 Å². The lowest BCUT2D eigenvalue weighted by Crippen LogP contribution is -2.46. The van der Waals surface area contributed by atoms with Gasteiger partial charge in [-0.15, -0.1) is 0 Å². The Bertz CT molecular complexity index is 451. The molecule has 4 heteroatoms. The lowest BCUT2D eigenvalue weighted by Gasteiger charge is -2.35. The first-order chi connectivity index (χ1) is 9.74. The number of methoxy groups -OCH3 is 1. The molecule has 1 heterocycles. The Kier molecular flexibility index (Phi) is 4.13. The number of benzene rings is 1. The van der Waals surface area contributed by atoms with Crippen LogP contribution in [0.3, 0.4) is 0 Å².